The van der Waals surface area contributed by atoms with Gasteiger partial charge in [0.25, 0.3) is 0 Å². The van der Waals surface area contributed by atoms with Gasteiger partial charge in [0.2, 0.25) is 0 Å². The zero-order valence-corrected chi connectivity index (χ0v) is 16.9. The molecule has 1 aromatic heterocycles. The molecule has 7 heteroatoms. The molecular formula is C21H26O7. The molecule has 0 radical (unpaired) electrons. The lowest BCUT2D eigenvalue weighted by Gasteiger charge is -2.18. The van der Waals surface area contributed by atoms with E-state index in [9.17, 15) is 14.4 Å². The Morgan fingerprint density at radius 1 is 1.11 bits per heavy atom. The summed E-state index contributed by atoms with van der Waals surface area (Å²) in [6.45, 7) is 7.54. The van der Waals surface area contributed by atoms with Crippen molar-refractivity contribution in [1.29, 1.82) is 0 Å². The molecule has 0 fully saturated rings. The first-order chi connectivity index (χ1) is 13.1. The second-order valence-electron chi connectivity index (χ2n) is 7.56. The highest BCUT2D eigenvalue weighted by Gasteiger charge is 2.25. The SMILES string of the molecule is COCCOC(=O)CCc1cc2c(C)cc(=O)oc2cc1OC(=O)C(C)(C)C. The predicted octanol–water partition coefficient (Wildman–Crippen LogP) is 3.18. The van der Waals surface area contributed by atoms with Crippen LogP contribution < -0.4 is 10.4 Å². The molecule has 0 aliphatic rings. The Balaban J connectivity index is 2.34. The minimum Gasteiger partial charge on any atom is -0.463 e. The number of rotatable bonds is 7. The number of ether oxygens (including phenoxy) is 3. The maximum Gasteiger partial charge on any atom is 0.336 e. The van der Waals surface area contributed by atoms with E-state index in [0.717, 1.165) is 10.9 Å². The molecule has 1 aromatic carbocycles. The van der Waals surface area contributed by atoms with Crippen LogP contribution in [0.2, 0.25) is 0 Å². The number of fused-ring (bicyclic) bond motifs is 1. The van der Waals surface area contributed by atoms with Crippen LogP contribution in [0.5, 0.6) is 5.75 Å². The van der Waals surface area contributed by atoms with Gasteiger partial charge in [0, 0.05) is 31.0 Å². The number of benzene rings is 1. The Bertz CT molecular complexity index is 919. The first kappa shape index (κ1) is 21.6. The zero-order valence-electron chi connectivity index (χ0n) is 16.9. The Morgan fingerprint density at radius 2 is 1.82 bits per heavy atom. The number of carbonyl (C=O) groups is 2. The molecule has 0 amide bonds. The fraction of sp³-hybridized carbons (Fsp3) is 0.476. The lowest BCUT2D eigenvalue weighted by Crippen LogP contribution is -2.26. The van der Waals surface area contributed by atoms with E-state index in [1.165, 1.54) is 19.2 Å². The highest BCUT2D eigenvalue weighted by Crippen LogP contribution is 2.30. The maximum atomic E-state index is 12.3. The summed E-state index contributed by atoms with van der Waals surface area (Å²) in [5.74, 6) is -0.529. The third-order valence-electron chi connectivity index (χ3n) is 4.10. The van der Waals surface area contributed by atoms with Gasteiger partial charge in [-0.2, -0.15) is 0 Å². The quantitative estimate of drug-likeness (QED) is 0.310. The van der Waals surface area contributed by atoms with Crippen LogP contribution >= 0.6 is 0 Å². The molecule has 0 unspecified atom stereocenters. The number of esters is 2. The van der Waals surface area contributed by atoms with Gasteiger partial charge in [-0.15, -0.1) is 0 Å². The van der Waals surface area contributed by atoms with Gasteiger partial charge in [0.15, 0.2) is 0 Å². The molecule has 7 nitrogen and oxygen atoms in total. The molecule has 0 saturated heterocycles. The van der Waals surface area contributed by atoms with Crippen molar-refractivity contribution in [3.05, 3.63) is 39.7 Å². The molecule has 152 valence electrons. The number of carbonyl (C=O) groups excluding carboxylic acids is 2. The highest BCUT2D eigenvalue weighted by molar-refractivity contribution is 5.85. The predicted molar refractivity (Wildman–Crippen MR) is 103 cm³/mol. The lowest BCUT2D eigenvalue weighted by atomic mass is 9.97. The fourth-order valence-corrected chi connectivity index (χ4v) is 2.48. The Labute approximate surface area is 163 Å². The molecule has 1 heterocycles. The average Bonchev–Trinajstić information content (AvgIpc) is 2.59. The number of hydrogen-bond acceptors (Lipinski definition) is 7. The van der Waals surface area contributed by atoms with Crippen molar-refractivity contribution in [2.75, 3.05) is 20.3 Å². The Kier molecular flexibility index (Phi) is 6.96. The van der Waals surface area contributed by atoms with Crippen molar-refractivity contribution in [2.24, 2.45) is 5.41 Å². The van der Waals surface area contributed by atoms with Gasteiger partial charge in [-0.25, -0.2) is 4.79 Å². The molecule has 0 N–H and O–H groups in total. The molecular weight excluding hydrogens is 364 g/mol. The molecule has 0 aliphatic carbocycles. The molecule has 0 bridgehead atoms. The normalized spacial score (nSPS) is 11.5. The van der Waals surface area contributed by atoms with Gasteiger partial charge >= 0.3 is 17.6 Å². The van der Waals surface area contributed by atoms with Crippen LogP contribution in [-0.2, 0) is 25.5 Å². The smallest absolute Gasteiger partial charge is 0.336 e. The minimum atomic E-state index is -0.710. The van der Waals surface area contributed by atoms with Crippen LogP contribution in [0.4, 0.5) is 0 Å². The third-order valence-corrected chi connectivity index (χ3v) is 4.10. The summed E-state index contributed by atoms with van der Waals surface area (Å²) in [6, 6.07) is 4.70. The van der Waals surface area contributed by atoms with Gasteiger partial charge < -0.3 is 18.6 Å². The summed E-state index contributed by atoms with van der Waals surface area (Å²) < 4.78 is 20.7. The van der Waals surface area contributed by atoms with Crippen LogP contribution in [0.3, 0.4) is 0 Å². The number of hydrogen-bond donors (Lipinski definition) is 0. The first-order valence-corrected chi connectivity index (χ1v) is 9.06. The molecule has 0 aliphatic heterocycles. The summed E-state index contributed by atoms with van der Waals surface area (Å²) in [7, 11) is 1.53. The monoisotopic (exact) mass is 390 g/mol. The van der Waals surface area contributed by atoms with Crippen molar-refractivity contribution >= 4 is 22.9 Å². The molecule has 0 atom stereocenters. The van der Waals surface area contributed by atoms with Crippen molar-refractivity contribution in [2.45, 2.75) is 40.5 Å². The standard InChI is InChI=1S/C21H26O7/c1-13-10-19(23)27-17-12-16(28-20(24)21(2,3)4)14(11-15(13)17)6-7-18(22)26-9-8-25-5/h10-12H,6-9H2,1-5H3. The summed E-state index contributed by atoms with van der Waals surface area (Å²) in [5, 5.41) is 0.720. The van der Waals surface area contributed by atoms with E-state index >= 15 is 0 Å². The second kappa shape index (κ2) is 9.01. The maximum absolute atomic E-state index is 12.3. The highest BCUT2D eigenvalue weighted by atomic mass is 16.6. The van der Waals surface area contributed by atoms with Gasteiger partial charge in [0.05, 0.1) is 12.0 Å². The van der Waals surface area contributed by atoms with Crippen LogP contribution in [-0.4, -0.2) is 32.3 Å². The van der Waals surface area contributed by atoms with Crippen molar-refractivity contribution in [3.8, 4) is 5.75 Å². The second-order valence-corrected chi connectivity index (χ2v) is 7.56. The van der Waals surface area contributed by atoms with E-state index in [-0.39, 0.29) is 24.7 Å². The average molecular weight is 390 g/mol. The van der Waals surface area contributed by atoms with Crippen molar-refractivity contribution in [1.82, 2.24) is 0 Å². The molecule has 0 saturated carbocycles. The van der Waals surface area contributed by atoms with Crippen LogP contribution in [0.1, 0.15) is 38.3 Å². The van der Waals surface area contributed by atoms with Crippen molar-refractivity contribution < 1.29 is 28.2 Å². The fourth-order valence-electron chi connectivity index (χ4n) is 2.48. The summed E-state index contributed by atoms with van der Waals surface area (Å²) in [5.41, 5.74) is 0.536. The van der Waals surface area contributed by atoms with E-state index in [1.54, 1.807) is 33.8 Å². The zero-order chi connectivity index (χ0) is 20.9. The van der Waals surface area contributed by atoms with Crippen LogP contribution in [0, 0.1) is 12.3 Å². The Morgan fingerprint density at radius 3 is 2.46 bits per heavy atom. The van der Waals surface area contributed by atoms with Gasteiger partial charge in [-0.1, -0.05) is 0 Å². The first-order valence-electron chi connectivity index (χ1n) is 9.06. The van der Waals surface area contributed by atoms with Gasteiger partial charge in [0.1, 0.15) is 17.9 Å². The summed E-state index contributed by atoms with van der Waals surface area (Å²) in [4.78, 5) is 35.9. The Hall–Kier alpha value is -2.67. The van der Waals surface area contributed by atoms with E-state index in [1.807, 2.05) is 0 Å². The lowest BCUT2D eigenvalue weighted by molar-refractivity contribution is -0.144. The van der Waals surface area contributed by atoms with E-state index < -0.39 is 17.0 Å². The van der Waals surface area contributed by atoms with Crippen LogP contribution in [0.15, 0.2) is 27.4 Å². The van der Waals surface area contributed by atoms with Gasteiger partial charge in [-0.05, 0) is 51.3 Å². The number of aryl methyl sites for hydroxylation is 2. The third kappa shape index (κ3) is 5.66. The van der Waals surface area contributed by atoms with E-state index in [0.29, 0.717) is 24.2 Å². The van der Waals surface area contributed by atoms with Crippen LogP contribution in [0.25, 0.3) is 11.0 Å². The molecule has 28 heavy (non-hydrogen) atoms. The number of methoxy groups -OCH3 is 1. The minimum absolute atomic E-state index is 0.116. The molecule has 2 aromatic rings. The van der Waals surface area contributed by atoms with E-state index in [2.05, 4.69) is 0 Å². The van der Waals surface area contributed by atoms with Crippen molar-refractivity contribution in [3.63, 3.8) is 0 Å². The van der Waals surface area contributed by atoms with Gasteiger partial charge in [-0.3, -0.25) is 9.59 Å². The molecule has 2 rings (SSSR count). The summed E-state index contributed by atoms with van der Waals surface area (Å²) in [6.07, 6.45) is 0.429. The summed E-state index contributed by atoms with van der Waals surface area (Å²) >= 11 is 0. The van der Waals surface area contributed by atoms with E-state index in [4.69, 9.17) is 18.6 Å². The largest absolute Gasteiger partial charge is 0.463 e. The topological polar surface area (TPSA) is 92.0 Å². The molecule has 0 spiro atoms.